The van der Waals surface area contributed by atoms with Gasteiger partial charge in [0.15, 0.2) is 0 Å². The summed E-state index contributed by atoms with van der Waals surface area (Å²) in [5.74, 6) is 0.209. The Balaban J connectivity index is 1.68. The highest BCUT2D eigenvalue weighted by molar-refractivity contribution is 5.85. The zero-order valence-electron chi connectivity index (χ0n) is 15.4. The van der Waals surface area contributed by atoms with Crippen LogP contribution in [0.15, 0.2) is 60.7 Å². The number of unbranched alkanes of at least 4 members (excludes halogenated alkanes) is 1. The Morgan fingerprint density at radius 1 is 0.880 bits per heavy atom. The van der Waals surface area contributed by atoms with Crippen LogP contribution in [0.1, 0.15) is 44.2 Å². The van der Waals surface area contributed by atoms with Gasteiger partial charge in [-0.05, 0) is 50.8 Å². The van der Waals surface area contributed by atoms with E-state index < -0.39 is 5.54 Å². The predicted molar refractivity (Wildman–Crippen MR) is 104 cm³/mol. The molecule has 0 saturated carbocycles. The average Bonchev–Trinajstić information content (AvgIpc) is 2.64. The highest BCUT2D eigenvalue weighted by Crippen LogP contribution is 2.16. The van der Waals surface area contributed by atoms with Crippen LogP contribution in [-0.4, -0.2) is 17.9 Å². The minimum Gasteiger partial charge on any atom is -0.313 e. The summed E-state index contributed by atoms with van der Waals surface area (Å²) in [7, 11) is 0. The number of hydrogen-bond donors (Lipinski definition) is 2. The molecule has 0 aromatic heterocycles. The normalized spacial score (nSPS) is 13.4. The maximum atomic E-state index is 12.1. The van der Waals surface area contributed by atoms with Gasteiger partial charge in [-0.15, -0.1) is 0 Å². The molecule has 0 fully saturated rings. The van der Waals surface area contributed by atoms with E-state index in [-0.39, 0.29) is 5.78 Å². The number of carbonyl (C=O) groups excluding carboxylic acids is 1. The second-order valence-electron chi connectivity index (χ2n) is 6.85. The SMILES string of the molecule is CC(=O)[C@](C)(CCCCNCc1ccccc1)NCc1ccccc1. The lowest BCUT2D eigenvalue weighted by Gasteiger charge is -2.28. The standard InChI is InChI=1S/C22H30N2O/c1-19(25)22(2,24-18-21-13-7-4-8-14-21)15-9-10-16-23-17-20-11-5-3-6-12-20/h3-8,11-14,23-24H,9-10,15-18H2,1-2H3/t22-/m0/s1. The topological polar surface area (TPSA) is 41.1 Å². The number of nitrogens with one attached hydrogen (secondary N) is 2. The van der Waals surface area contributed by atoms with Crippen LogP contribution >= 0.6 is 0 Å². The summed E-state index contributed by atoms with van der Waals surface area (Å²) in [5.41, 5.74) is 2.06. The van der Waals surface area contributed by atoms with Gasteiger partial charge < -0.3 is 10.6 Å². The fourth-order valence-electron chi connectivity index (χ4n) is 2.84. The van der Waals surface area contributed by atoms with Crippen molar-refractivity contribution < 1.29 is 4.79 Å². The van der Waals surface area contributed by atoms with Gasteiger partial charge in [0.25, 0.3) is 0 Å². The summed E-state index contributed by atoms with van der Waals surface area (Å²) in [6.45, 7) is 6.31. The third-order valence-electron chi connectivity index (χ3n) is 4.75. The summed E-state index contributed by atoms with van der Waals surface area (Å²) in [4.78, 5) is 12.1. The molecule has 0 aliphatic rings. The molecule has 2 aromatic rings. The number of Topliss-reactive ketones (excluding diaryl/α,β-unsaturated/α-hetero) is 1. The van der Waals surface area contributed by atoms with E-state index in [9.17, 15) is 4.79 Å². The highest BCUT2D eigenvalue weighted by Gasteiger charge is 2.28. The first-order chi connectivity index (χ1) is 12.1. The van der Waals surface area contributed by atoms with Gasteiger partial charge in [-0.2, -0.15) is 0 Å². The van der Waals surface area contributed by atoms with Crippen molar-refractivity contribution in [2.45, 2.75) is 51.7 Å². The van der Waals surface area contributed by atoms with Gasteiger partial charge in [-0.25, -0.2) is 0 Å². The van der Waals surface area contributed by atoms with Crippen LogP contribution in [0.2, 0.25) is 0 Å². The number of rotatable bonds is 11. The fraction of sp³-hybridized carbons (Fsp3) is 0.409. The van der Waals surface area contributed by atoms with E-state index in [4.69, 9.17) is 0 Å². The number of benzene rings is 2. The van der Waals surface area contributed by atoms with Gasteiger partial charge in [0.05, 0.1) is 5.54 Å². The van der Waals surface area contributed by atoms with Crippen LogP contribution in [0, 0.1) is 0 Å². The summed E-state index contributed by atoms with van der Waals surface area (Å²) in [6, 6.07) is 20.7. The molecule has 2 N–H and O–H groups in total. The molecule has 0 bridgehead atoms. The van der Waals surface area contributed by atoms with Crippen molar-refractivity contribution in [1.82, 2.24) is 10.6 Å². The Bertz CT molecular complexity index is 627. The van der Waals surface area contributed by atoms with Crippen LogP contribution in [0.3, 0.4) is 0 Å². The second kappa shape index (κ2) is 10.1. The number of carbonyl (C=O) groups is 1. The summed E-state index contributed by atoms with van der Waals surface area (Å²) < 4.78 is 0. The average molecular weight is 338 g/mol. The third kappa shape index (κ3) is 6.81. The van der Waals surface area contributed by atoms with Gasteiger partial charge in [0.1, 0.15) is 5.78 Å². The summed E-state index contributed by atoms with van der Waals surface area (Å²) in [6.07, 6.45) is 2.96. The van der Waals surface area contributed by atoms with Gasteiger partial charge in [-0.1, -0.05) is 60.7 Å². The van der Waals surface area contributed by atoms with Crippen molar-refractivity contribution in [3.05, 3.63) is 71.8 Å². The van der Waals surface area contributed by atoms with Crippen molar-refractivity contribution in [2.75, 3.05) is 6.54 Å². The molecule has 0 unspecified atom stereocenters. The zero-order valence-corrected chi connectivity index (χ0v) is 15.4. The Hall–Kier alpha value is -1.97. The van der Waals surface area contributed by atoms with Crippen LogP contribution in [0.4, 0.5) is 0 Å². The Labute approximate surface area is 151 Å². The second-order valence-corrected chi connectivity index (χ2v) is 6.85. The van der Waals surface area contributed by atoms with E-state index in [0.717, 1.165) is 38.9 Å². The lowest BCUT2D eigenvalue weighted by atomic mass is 9.90. The Kier molecular flexibility index (Phi) is 7.83. The molecule has 1 atom stereocenters. The van der Waals surface area contributed by atoms with Crippen LogP contribution in [0.25, 0.3) is 0 Å². The van der Waals surface area contributed by atoms with E-state index in [1.54, 1.807) is 6.92 Å². The molecule has 0 spiro atoms. The molecule has 3 heteroatoms. The number of hydrogen-bond acceptors (Lipinski definition) is 3. The molecule has 0 amide bonds. The molecular formula is C22H30N2O. The van der Waals surface area contributed by atoms with Crippen molar-refractivity contribution in [1.29, 1.82) is 0 Å². The minimum atomic E-state index is -0.449. The molecule has 0 aliphatic heterocycles. The van der Waals surface area contributed by atoms with Gasteiger partial charge in [-0.3, -0.25) is 4.79 Å². The highest BCUT2D eigenvalue weighted by atomic mass is 16.1. The number of ketones is 1. The molecule has 0 saturated heterocycles. The van der Waals surface area contributed by atoms with E-state index >= 15 is 0 Å². The van der Waals surface area contributed by atoms with Crippen LogP contribution in [-0.2, 0) is 17.9 Å². The maximum absolute atomic E-state index is 12.1. The first-order valence-corrected chi connectivity index (χ1v) is 9.15. The molecule has 2 aromatic carbocycles. The lowest BCUT2D eigenvalue weighted by molar-refractivity contribution is -0.123. The fourth-order valence-corrected chi connectivity index (χ4v) is 2.84. The van der Waals surface area contributed by atoms with Crippen LogP contribution < -0.4 is 10.6 Å². The molecular weight excluding hydrogens is 308 g/mol. The predicted octanol–water partition coefficient (Wildman–Crippen LogP) is 4.08. The Morgan fingerprint density at radius 2 is 1.44 bits per heavy atom. The lowest BCUT2D eigenvalue weighted by Crippen LogP contribution is -2.48. The molecule has 0 aliphatic carbocycles. The van der Waals surface area contributed by atoms with Gasteiger partial charge >= 0.3 is 0 Å². The maximum Gasteiger partial charge on any atom is 0.149 e. The molecule has 0 radical (unpaired) electrons. The van der Waals surface area contributed by atoms with E-state index in [2.05, 4.69) is 47.0 Å². The van der Waals surface area contributed by atoms with Gasteiger partial charge in [0, 0.05) is 13.1 Å². The quantitative estimate of drug-likeness (QED) is 0.607. The summed E-state index contributed by atoms with van der Waals surface area (Å²) in [5, 5.41) is 6.93. The van der Waals surface area contributed by atoms with Crippen LogP contribution in [0.5, 0.6) is 0 Å². The smallest absolute Gasteiger partial charge is 0.149 e. The largest absolute Gasteiger partial charge is 0.313 e. The third-order valence-corrected chi connectivity index (χ3v) is 4.75. The first-order valence-electron chi connectivity index (χ1n) is 9.15. The molecule has 25 heavy (non-hydrogen) atoms. The minimum absolute atomic E-state index is 0.209. The Morgan fingerprint density at radius 3 is 2.00 bits per heavy atom. The van der Waals surface area contributed by atoms with Crippen molar-refractivity contribution in [3.63, 3.8) is 0 Å². The van der Waals surface area contributed by atoms with Crippen molar-refractivity contribution in [2.24, 2.45) is 0 Å². The van der Waals surface area contributed by atoms with E-state index in [1.807, 2.05) is 31.2 Å². The summed E-state index contributed by atoms with van der Waals surface area (Å²) >= 11 is 0. The van der Waals surface area contributed by atoms with E-state index in [0.29, 0.717) is 0 Å². The molecule has 134 valence electrons. The van der Waals surface area contributed by atoms with Crippen molar-refractivity contribution in [3.8, 4) is 0 Å². The molecule has 0 heterocycles. The zero-order chi connectivity index (χ0) is 18.0. The monoisotopic (exact) mass is 338 g/mol. The molecule has 2 rings (SSSR count). The van der Waals surface area contributed by atoms with Gasteiger partial charge in [0.2, 0.25) is 0 Å². The molecule has 3 nitrogen and oxygen atoms in total. The first kappa shape index (κ1) is 19.4. The van der Waals surface area contributed by atoms with E-state index in [1.165, 1.54) is 11.1 Å². The van der Waals surface area contributed by atoms with Crippen molar-refractivity contribution >= 4 is 5.78 Å².